The van der Waals surface area contributed by atoms with E-state index >= 15 is 0 Å². The minimum atomic E-state index is -1.69. The lowest BCUT2D eigenvalue weighted by Gasteiger charge is -2.36. The average molecular weight is 817 g/mol. The number of anilines is 1. The number of hydrogen-bond donors (Lipinski definition) is 1. The van der Waals surface area contributed by atoms with E-state index < -0.39 is 34.1 Å². The molecule has 0 aliphatic carbocycles. The highest BCUT2D eigenvalue weighted by molar-refractivity contribution is 7.14. The minimum Gasteiger partial charge on any atom is -0.458 e. The second-order valence-electron chi connectivity index (χ2n) is 14.2. The monoisotopic (exact) mass is 816 g/mol. The summed E-state index contributed by atoms with van der Waals surface area (Å²) >= 11 is 1.27. The van der Waals surface area contributed by atoms with Crippen LogP contribution in [0.25, 0.3) is 0 Å². The van der Waals surface area contributed by atoms with Crippen molar-refractivity contribution < 1.29 is 28.8 Å². The van der Waals surface area contributed by atoms with E-state index in [2.05, 4.69) is 46.9 Å². The normalized spacial score (nSPS) is 11.8. The van der Waals surface area contributed by atoms with Crippen molar-refractivity contribution in [1.82, 2.24) is 4.98 Å². The molecule has 1 heterocycles. The Kier molecular flexibility index (Phi) is 12.5. The van der Waals surface area contributed by atoms with Gasteiger partial charge in [0.05, 0.1) is 4.92 Å². The number of non-ortho nitro benzene ring substituents is 1. The number of thiazole rings is 1. The van der Waals surface area contributed by atoms with E-state index in [1.54, 1.807) is 5.38 Å². The van der Waals surface area contributed by atoms with Gasteiger partial charge in [-0.3, -0.25) is 10.1 Å². The first-order chi connectivity index (χ1) is 29.1. The first-order valence-electron chi connectivity index (χ1n) is 19.0. The zero-order valence-electron chi connectivity index (χ0n) is 32.7. The number of nitrogens with one attached hydrogen (secondary N) is 1. The summed E-state index contributed by atoms with van der Waals surface area (Å²) in [7, 11) is 0. The number of esters is 2. The Morgan fingerprint density at radius 3 is 1.65 bits per heavy atom. The fourth-order valence-corrected chi connectivity index (χ4v) is 7.30. The maximum atomic E-state index is 14.5. The molecule has 7 rings (SSSR count). The van der Waals surface area contributed by atoms with E-state index in [4.69, 9.17) is 19.3 Å². The van der Waals surface area contributed by atoms with Crippen molar-refractivity contribution in [1.29, 1.82) is 0 Å². The fraction of sp³-hybridized carbons (Fsp3) is 0.125. The average Bonchev–Trinajstić information content (AvgIpc) is 3.76. The molecule has 300 valence electrons. The molecule has 6 aromatic carbocycles. The molecule has 0 amide bonds. The van der Waals surface area contributed by atoms with E-state index in [1.165, 1.54) is 49.4 Å². The number of benzene rings is 6. The molecule has 60 heavy (non-hydrogen) atoms. The molecule has 0 radical (unpaired) electrons. The van der Waals surface area contributed by atoms with Crippen molar-refractivity contribution >= 4 is 39.8 Å². The number of ether oxygens (including phenoxy) is 2. The first-order valence-corrected chi connectivity index (χ1v) is 19.9. The number of nitro benzene ring substituents is 1. The number of aromatic nitrogens is 1. The summed E-state index contributed by atoms with van der Waals surface area (Å²) < 4.78 is 11.8. The summed E-state index contributed by atoms with van der Waals surface area (Å²) in [6.07, 6.45) is -0.817. The van der Waals surface area contributed by atoms with Crippen molar-refractivity contribution in [2.24, 2.45) is 5.16 Å². The van der Waals surface area contributed by atoms with Gasteiger partial charge >= 0.3 is 11.9 Å². The summed E-state index contributed by atoms with van der Waals surface area (Å²) in [4.78, 5) is 49.2. The van der Waals surface area contributed by atoms with Gasteiger partial charge in [-0.05, 0) is 59.4 Å². The first kappa shape index (κ1) is 40.7. The summed E-state index contributed by atoms with van der Waals surface area (Å²) in [5.41, 5.74) is 2.04. The molecule has 0 atom stereocenters. The van der Waals surface area contributed by atoms with Crippen molar-refractivity contribution in [3.8, 4) is 0 Å². The molecule has 0 bridgehead atoms. The molecule has 0 unspecified atom stereocenters. The van der Waals surface area contributed by atoms with E-state index in [9.17, 15) is 19.7 Å². The standard InChI is InChI=1S/C48H40N4O7S/c1-47(2,45(54)57-32-34-28-30-40(31-29-34)52(55)56)59-51-42(44(53)58-43(35-18-8-3-9-19-35)36-20-10-4-11-21-36)41-33-60-46(49-41)50-48(37-22-12-5-13-23-37,38-24-14-6-15-25-38)39-26-16-7-17-27-39/h3-31,33,43H,32H2,1-2H3,(H,49,50)/b51-42-. The Morgan fingerprint density at radius 2 is 1.18 bits per heavy atom. The highest BCUT2D eigenvalue weighted by Gasteiger charge is 2.38. The molecule has 0 saturated heterocycles. The van der Waals surface area contributed by atoms with Crippen LogP contribution in [0.3, 0.4) is 0 Å². The summed E-state index contributed by atoms with van der Waals surface area (Å²) in [6.45, 7) is 2.73. The van der Waals surface area contributed by atoms with Crippen molar-refractivity contribution in [3.63, 3.8) is 0 Å². The maximum absolute atomic E-state index is 14.5. The lowest BCUT2D eigenvalue weighted by molar-refractivity contribution is -0.384. The van der Waals surface area contributed by atoms with Gasteiger partial charge in [-0.1, -0.05) is 157 Å². The predicted octanol–water partition coefficient (Wildman–Crippen LogP) is 10.0. The SMILES string of the molecule is CC(C)(O/N=C(\C(=O)OC(c1ccccc1)c1ccccc1)c1csc(NC(c2ccccc2)(c2ccccc2)c2ccccc2)n1)C(=O)OCc1ccc([N+](=O)[O-])cc1. The third-order valence-corrected chi connectivity index (χ3v) is 10.4. The summed E-state index contributed by atoms with van der Waals surface area (Å²) in [5, 5.41) is 21.2. The van der Waals surface area contributed by atoms with Gasteiger partial charge in [0.15, 0.2) is 11.2 Å². The second-order valence-corrected chi connectivity index (χ2v) is 15.0. The van der Waals surface area contributed by atoms with Gasteiger partial charge in [0, 0.05) is 17.5 Å². The molecule has 0 fully saturated rings. The summed E-state index contributed by atoms with van der Waals surface area (Å²) in [6, 6.07) is 54.4. The largest absolute Gasteiger partial charge is 0.458 e. The number of hydrogen-bond acceptors (Lipinski definition) is 11. The maximum Gasteiger partial charge on any atom is 0.363 e. The molecule has 11 nitrogen and oxygen atoms in total. The van der Waals surface area contributed by atoms with Gasteiger partial charge in [0.25, 0.3) is 5.69 Å². The number of oxime groups is 1. The lowest BCUT2D eigenvalue weighted by Crippen LogP contribution is -2.38. The number of carbonyl (C=O) groups excluding carboxylic acids is 2. The number of rotatable bonds is 16. The van der Waals surface area contributed by atoms with Crippen molar-refractivity contribution in [3.05, 3.63) is 230 Å². The van der Waals surface area contributed by atoms with Crippen LogP contribution in [0, 0.1) is 10.1 Å². The van der Waals surface area contributed by atoms with Crippen molar-refractivity contribution in [2.75, 3.05) is 5.32 Å². The zero-order chi connectivity index (χ0) is 42.0. The van der Waals surface area contributed by atoms with Gasteiger partial charge in [0.1, 0.15) is 17.8 Å². The number of carbonyl (C=O) groups is 2. The van der Waals surface area contributed by atoms with Gasteiger partial charge in [0.2, 0.25) is 11.3 Å². The van der Waals surface area contributed by atoms with Crippen LogP contribution in [0.1, 0.15) is 59.0 Å². The zero-order valence-corrected chi connectivity index (χ0v) is 33.5. The molecular formula is C48H40N4O7S. The van der Waals surface area contributed by atoms with Crippen LogP contribution in [0.5, 0.6) is 0 Å². The van der Waals surface area contributed by atoms with Crippen LogP contribution >= 0.6 is 11.3 Å². The minimum absolute atomic E-state index is 0.0875. The molecule has 0 aliphatic heterocycles. The summed E-state index contributed by atoms with van der Waals surface area (Å²) in [5.74, 6) is -1.64. The molecule has 1 aromatic heterocycles. The highest BCUT2D eigenvalue weighted by Crippen LogP contribution is 2.41. The van der Waals surface area contributed by atoms with Gasteiger partial charge < -0.3 is 19.6 Å². The van der Waals surface area contributed by atoms with Gasteiger partial charge in [-0.15, -0.1) is 11.3 Å². The Hall–Kier alpha value is -7.44. The van der Waals surface area contributed by atoms with E-state index in [-0.39, 0.29) is 23.7 Å². The molecule has 1 N–H and O–H groups in total. The smallest absolute Gasteiger partial charge is 0.363 e. The lowest BCUT2D eigenvalue weighted by atomic mass is 9.77. The molecule has 12 heteroatoms. The van der Waals surface area contributed by atoms with Crippen molar-refractivity contribution in [2.45, 2.75) is 37.7 Å². The third kappa shape index (κ3) is 9.30. The third-order valence-electron chi connectivity index (χ3n) is 9.66. The number of nitrogens with zero attached hydrogens (tertiary/aromatic N) is 3. The Balaban J connectivity index is 1.25. The number of nitro groups is 1. The van der Waals surface area contributed by atoms with Crippen LogP contribution in [0.4, 0.5) is 10.8 Å². The molecule has 0 spiro atoms. The Bertz CT molecular complexity index is 2420. The molecular weight excluding hydrogens is 777 g/mol. The Labute approximate surface area is 351 Å². The second kappa shape index (κ2) is 18.4. The molecule has 7 aromatic rings. The van der Waals surface area contributed by atoms with E-state index in [0.717, 1.165) is 27.8 Å². The van der Waals surface area contributed by atoms with Crippen LogP contribution in [0.2, 0.25) is 0 Å². The predicted molar refractivity (Wildman–Crippen MR) is 230 cm³/mol. The topological polar surface area (TPSA) is 142 Å². The Morgan fingerprint density at radius 1 is 0.717 bits per heavy atom. The molecule has 0 aliphatic rings. The van der Waals surface area contributed by atoms with Gasteiger partial charge in [-0.2, -0.15) is 0 Å². The van der Waals surface area contributed by atoms with Crippen LogP contribution in [-0.4, -0.2) is 33.2 Å². The fourth-order valence-electron chi connectivity index (χ4n) is 6.55. The highest BCUT2D eigenvalue weighted by atomic mass is 32.1. The van der Waals surface area contributed by atoms with E-state index in [0.29, 0.717) is 10.7 Å². The quantitative estimate of drug-likeness (QED) is 0.0332. The molecule has 0 saturated carbocycles. The van der Waals surface area contributed by atoms with Crippen LogP contribution in [-0.2, 0) is 36.0 Å². The van der Waals surface area contributed by atoms with Crippen LogP contribution < -0.4 is 5.32 Å². The van der Waals surface area contributed by atoms with E-state index in [1.807, 2.05) is 115 Å². The van der Waals surface area contributed by atoms with Crippen LogP contribution in [0.15, 0.2) is 186 Å². The van der Waals surface area contributed by atoms with Gasteiger partial charge in [-0.25, -0.2) is 14.6 Å².